The van der Waals surface area contributed by atoms with E-state index in [9.17, 15) is 15.4 Å². The molecule has 2 aromatic heterocycles. The summed E-state index contributed by atoms with van der Waals surface area (Å²) in [6.45, 7) is 0. The normalized spacial score (nSPS) is 10.9. The third-order valence-electron chi connectivity index (χ3n) is 5.60. The van der Waals surface area contributed by atoms with Gasteiger partial charge in [0.05, 0.1) is 27.0 Å². The van der Waals surface area contributed by atoms with E-state index in [2.05, 4.69) is 6.07 Å². The average Bonchev–Trinajstić information content (AvgIpc) is 3.11. The van der Waals surface area contributed by atoms with Crippen molar-refractivity contribution >= 4 is 56.4 Å². The van der Waals surface area contributed by atoms with Gasteiger partial charge in [-0.25, -0.2) is 4.98 Å². The number of fused-ring (bicyclic) bond motifs is 3. The number of hydrogen-bond acceptors (Lipinski definition) is 5. The van der Waals surface area contributed by atoms with Gasteiger partial charge in [-0.05, 0) is 48.5 Å². The largest absolute Gasteiger partial charge is 0.342 e. The molecule has 0 saturated carbocycles. The van der Waals surface area contributed by atoms with E-state index >= 15 is 0 Å². The van der Waals surface area contributed by atoms with Gasteiger partial charge >= 0.3 is 0 Å². The summed E-state index contributed by atoms with van der Waals surface area (Å²) in [6, 6.07) is 25.3. The quantitative estimate of drug-likeness (QED) is 0.225. The number of non-ortho nitro benzene ring substituents is 1. The fourth-order valence-electron chi connectivity index (χ4n) is 4.00. The van der Waals surface area contributed by atoms with E-state index in [4.69, 9.17) is 16.6 Å². The van der Waals surface area contributed by atoms with Crippen LogP contribution in [0.2, 0.25) is 5.02 Å². The summed E-state index contributed by atoms with van der Waals surface area (Å²) in [5.74, 6) is 0.428. The van der Waals surface area contributed by atoms with Crippen molar-refractivity contribution in [2.45, 2.75) is 0 Å². The summed E-state index contributed by atoms with van der Waals surface area (Å²) in [5, 5.41) is 22.7. The predicted molar refractivity (Wildman–Crippen MR) is 129 cm³/mol. The summed E-state index contributed by atoms with van der Waals surface area (Å²) in [7, 11) is 1.94. The standard InChI is InChI=1S/C25H16ClN5O2/c1-29-22-5-3-2-4-21(22)24-23(29)14-16(15-27)25(28-24)30(18-8-6-17(26)7-9-18)19-10-12-20(13-11-19)31(32)33/h2-14H,1H3. The lowest BCUT2D eigenvalue weighted by molar-refractivity contribution is -0.384. The molecule has 5 rings (SSSR count). The van der Waals surface area contributed by atoms with Gasteiger partial charge in [0.25, 0.3) is 5.69 Å². The number of nitro groups is 1. The Kier molecular flexibility index (Phi) is 4.93. The van der Waals surface area contributed by atoms with Crippen LogP contribution in [0.25, 0.3) is 21.9 Å². The molecule has 0 aliphatic rings. The summed E-state index contributed by atoms with van der Waals surface area (Å²) < 4.78 is 2.01. The lowest BCUT2D eigenvalue weighted by Crippen LogP contribution is -2.13. The molecule has 0 N–H and O–H groups in total. The van der Waals surface area contributed by atoms with Gasteiger partial charge in [0.2, 0.25) is 0 Å². The number of pyridine rings is 1. The Morgan fingerprint density at radius 1 is 1.00 bits per heavy atom. The van der Waals surface area contributed by atoms with Gasteiger partial charge in [0.15, 0.2) is 5.82 Å². The van der Waals surface area contributed by atoms with Gasteiger partial charge in [-0.3, -0.25) is 15.0 Å². The Morgan fingerprint density at radius 2 is 1.64 bits per heavy atom. The molecule has 33 heavy (non-hydrogen) atoms. The highest BCUT2D eigenvalue weighted by Gasteiger charge is 2.22. The first-order valence-corrected chi connectivity index (χ1v) is 10.4. The summed E-state index contributed by atoms with van der Waals surface area (Å²) in [5.41, 5.74) is 4.33. The Balaban J connectivity index is 1.80. The summed E-state index contributed by atoms with van der Waals surface area (Å²) >= 11 is 6.10. The van der Waals surface area contributed by atoms with Crippen LogP contribution in [0.15, 0.2) is 78.9 Å². The second-order valence-corrected chi connectivity index (χ2v) is 7.94. The van der Waals surface area contributed by atoms with E-state index in [1.54, 1.807) is 29.2 Å². The van der Waals surface area contributed by atoms with Crippen LogP contribution in [0.4, 0.5) is 22.9 Å². The number of anilines is 3. The van der Waals surface area contributed by atoms with Crippen molar-refractivity contribution in [3.05, 3.63) is 99.6 Å². The maximum Gasteiger partial charge on any atom is 0.269 e. The molecule has 7 nitrogen and oxygen atoms in total. The van der Waals surface area contributed by atoms with Crippen LogP contribution in [0.3, 0.4) is 0 Å². The van der Waals surface area contributed by atoms with Crippen LogP contribution in [0.5, 0.6) is 0 Å². The molecule has 0 radical (unpaired) electrons. The number of nitro benzene ring substituents is 1. The topological polar surface area (TPSA) is 88.0 Å². The molecular weight excluding hydrogens is 438 g/mol. The molecule has 0 amide bonds. The highest BCUT2D eigenvalue weighted by molar-refractivity contribution is 6.30. The Labute approximate surface area is 193 Å². The average molecular weight is 454 g/mol. The maximum atomic E-state index is 11.2. The van der Waals surface area contributed by atoms with Crippen LogP contribution < -0.4 is 4.90 Å². The van der Waals surface area contributed by atoms with E-state index in [1.165, 1.54) is 12.1 Å². The summed E-state index contributed by atoms with van der Waals surface area (Å²) in [6.07, 6.45) is 0. The molecule has 8 heteroatoms. The number of halogens is 1. The van der Waals surface area contributed by atoms with Crippen LogP contribution in [0, 0.1) is 21.4 Å². The second-order valence-electron chi connectivity index (χ2n) is 7.50. The van der Waals surface area contributed by atoms with Crippen molar-refractivity contribution in [3.63, 3.8) is 0 Å². The number of aromatic nitrogens is 2. The number of benzene rings is 3. The van der Waals surface area contributed by atoms with Crippen LogP contribution >= 0.6 is 11.6 Å². The molecule has 0 saturated heterocycles. The van der Waals surface area contributed by atoms with Crippen molar-refractivity contribution in [3.8, 4) is 6.07 Å². The van der Waals surface area contributed by atoms with Gasteiger partial charge in [-0.2, -0.15) is 5.26 Å². The number of rotatable bonds is 4. The van der Waals surface area contributed by atoms with Gasteiger partial charge in [-0.15, -0.1) is 0 Å². The number of hydrogen-bond donors (Lipinski definition) is 0. The highest BCUT2D eigenvalue weighted by atomic mass is 35.5. The minimum atomic E-state index is -0.447. The van der Waals surface area contributed by atoms with Crippen molar-refractivity contribution < 1.29 is 4.92 Å². The van der Waals surface area contributed by atoms with Gasteiger partial charge in [0, 0.05) is 41.0 Å². The van der Waals surface area contributed by atoms with Crippen molar-refractivity contribution in [2.24, 2.45) is 7.05 Å². The third kappa shape index (κ3) is 3.43. The molecule has 0 aliphatic heterocycles. The second kappa shape index (κ2) is 7.93. The Hall–Kier alpha value is -4.41. The lowest BCUT2D eigenvalue weighted by Gasteiger charge is -2.25. The molecular formula is C25H16ClN5O2. The molecule has 2 heterocycles. The van der Waals surface area contributed by atoms with E-state index in [0.717, 1.165) is 27.6 Å². The molecule has 0 bridgehead atoms. The van der Waals surface area contributed by atoms with Crippen LogP contribution in [-0.4, -0.2) is 14.5 Å². The predicted octanol–water partition coefficient (Wildman–Crippen LogP) is 6.63. The first-order valence-electron chi connectivity index (χ1n) is 10.1. The minimum Gasteiger partial charge on any atom is -0.342 e. The van der Waals surface area contributed by atoms with Crippen LogP contribution in [-0.2, 0) is 7.05 Å². The van der Waals surface area contributed by atoms with Crippen molar-refractivity contribution in [2.75, 3.05) is 4.90 Å². The van der Waals surface area contributed by atoms with Crippen LogP contribution in [0.1, 0.15) is 5.56 Å². The molecule has 5 aromatic rings. The smallest absolute Gasteiger partial charge is 0.269 e. The lowest BCUT2D eigenvalue weighted by atomic mass is 10.1. The number of para-hydroxylation sites is 1. The van der Waals surface area contributed by atoms with Crippen molar-refractivity contribution in [1.29, 1.82) is 5.26 Å². The highest BCUT2D eigenvalue weighted by Crippen LogP contribution is 2.39. The molecule has 160 valence electrons. The van der Waals surface area contributed by atoms with E-state index in [-0.39, 0.29) is 5.69 Å². The fraction of sp³-hybridized carbons (Fsp3) is 0.0400. The SMILES string of the molecule is Cn1c2ccccc2c2nc(N(c3ccc(Cl)cc3)c3ccc([N+](=O)[O-])cc3)c(C#N)cc21. The monoisotopic (exact) mass is 453 g/mol. The molecule has 0 aliphatic carbocycles. The molecule has 3 aromatic carbocycles. The molecule has 0 atom stereocenters. The molecule has 0 spiro atoms. The van der Waals surface area contributed by atoms with E-state index in [0.29, 0.717) is 22.1 Å². The van der Waals surface area contributed by atoms with E-state index < -0.39 is 4.92 Å². The fourth-order valence-corrected chi connectivity index (χ4v) is 4.13. The van der Waals surface area contributed by atoms with E-state index in [1.807, 2.05) is 54.1 Å². The number of nitrogens with zero attached hydrogens (tertiary/aromatic N) is 5. The van der Waals surface area contributed by atoms with Crippen molar-refractivity contribution in [1.82, 2.24) is 9.55 Å². The third-order valence-corrected chi connectivity index (χ3v) is 5.85. The van der Waals surface area contributed by atoms with Gasteiger partial charge in [-0.1, -0.05) is 29.8 Å². The first-order chi connectivity index (χ1) is 16.0. The van der Waals surface area contributed by atoms with Gasteiger partial charge in [0.1, 0.15) is 6.07 Å². The minimum absolute atomic E-state index is 0.0206. The maximum absolute atomic E-state index is 11.2. The molecule has 0 unspecified atom stereocenters. The zero-order chi connectivity index (χ0) is 23.1. The Bertz CT molecular complexity index is 1570. The zero-order valence-corrected chi connectivity index (χ0v) is 18.2. The van der Waals surface area contributed by atoms with Gasteiger partial charge < -0.3 is 4.57 Å². The molecule has 0 fully saturated rings. The Morgan fingerprint density at radius 3 is 2.27 bits per heavy atom. The first kappa shape index (κ1) is 20.5. The number of nitriles is 1. The zero-order valence-electron chi connectivity index (χ0n) is 17.4. The number of aryl methyl sites for hydroxylation is 1. The summed E-state index contributed by atoms with van der Waals surface area (Å²) in [4.78, 5) is 17.5.